The average Bonchev–Trinajstić information content (AvgIpc) is 3.60. The fourth-order valence-electron chi connectivity index (χ4n) is 3.13. The molecule has 0 aliphatic carbocycles. The first kappa shape index (κ1) is 33.1. The maximum atomic E-state index is 12.2. The van der Waals surface area contributed by atoms with Gasteiger partial charge in [0.15, 0.2) is 0 Å². The predicted molar refractivity (Wildman–Crippen MR) is 137 cm³/mol. The highest BCUT2D eigenvalue weighted by Gasteiger charge is 2.38. The molecule has 1 aliphatic rings. The van der Waals surface area contributed by atoms with Gasteiger partial charge in [0.2, 0.25) is 5.91 Å². The Balaban J connectivity index is 0.000000367. The van der Waals surface area contributed by atoms with E-state index in [9.17, 15) is 31.1 Å². The van der Waals surface area contributed by atoms with Crippen LogP contribution >= 0.6 is 0 Å². The Morgan fingerprint density at radius 3 is 2.17 bits per heavy atom. The molecule has 1 aromatic heterocycles. The second-order valence-electron chi connectivity index (χ2n) is 8.04. The molecule has 42 heavy (non-hydrogen) atoms. The number of carbonyl (C=O) groups is 3. The van der Waals surface area contributed by atoms with Crippen molar-refractivity contribution in [2.75, 3.05) is 13.7 Å². The fourth-order valence-corrected chi connectivity index (χ4v) is 3.13. The van der Waals surface area contributed by atoms with Gasteiger partial charge in [-0.05, 0) is 35.4 Å². The molecule has 0 spiro atoms. The number of carboxylic acid groups (broad SMARTS) is 2. The van der Waals surface area contributed by atoms with E-state index >= 15 is 0 Å². The molecule has 224 valence electrons. The zero-order valence-electron chi connectivity index (χ0n) is 21.5. The molecule has 16 heteroatoms. The van der Waals surface area contributed by atoms with E-state index in [-0.39, 0.29) is 5.91 Å². The number of aromatic nitrogens is 2. The van der Waals surface area contributed by atoms with Crippen LogP contribution in [0.1, 0.15) is 11.1 Å². The number of amides is 1. The van der Waals surface area contributed by atoms with Crippen molar-refractivity contribution in [3.63, 3.8) is 0 Å². The van der Waals surface area contributed by atoms with Gasteiger partial charge in [-0.15, -0.1) is 0 Å². The molecule has 0 bridgehead atoms. The van der Waals surface area contributed by atoms with Gasteiger partial charge in [0.05, 0.1) is 31.4 Å². The van der Waals surface area contributed by atoms with Gasteiger partial charge < -0.3 is 24.8 Å². The number of carboxylic acids is 2. The van der Waals surface area contributed by atoms with Crippen LogP contribution in [0.4, 0.5) is 32.0 Å². The number of carbonyl (C=O) groups excluding carboxylic acids is 1. The molecule has 1 aliphatic heterocycles. The number of aliphatic imine (C=N–C) groups is 1. The van der Waals surface area contributed by atoms with E-state index in [0.29, 0.717) is 12.3 Å². The minimum absolute atomic E-state index is 0.156. The molecule has 4 rings (SSSR count). The monoisotopic (exact) mass is 600 g/mol. The third-order valence-corrected chi connectivity index (χ3v) is 5.03. The molecule has 0 saturated carbocycles. The van der Waals surface area contributed by atoms with E-state index in [1.54, 1.807) is 25.7 Å². The van der Waals surface area contributed by atoms with E-state index in [2.05, 4.69) is 21.4 Å². The Kier molecular flexibility index (Phi) is 11.4. The van der Waals surface area contributed by atoms with Gasteiger partial charge in [0, 0.05) is 30.6 Å². The van der Waals surface area contributed by atoms with Crippen molar-refractivity contribution < 1.29 is 55.7 Å². The summed E-state index contributed by atoms with van der Waals surface area (Å²) in [6.45, 7) is 0.445. The molecule has 1 amide bonds. The first-order chi connectivity index (χ1) is 19.6. The van der Waals surface area contributed by atoms with E-state index in [1.807, 2.05) is 47.2 Å². The van der Waals surface area contributed by atoms with Crippen LogP contribution in [-0.4, -0.2) is 69.3 Å². The number of rotatable bonds is 6. The maximum Gasteiger partial charge on any atom is 0.490 e. The molecule has 0 unspecified atom stereocenters. The smallest absolute Gasteiger partial charge is 0.490 e. The lowest BCUT2D eigenvalue weighted by atomic mass is 10.1. The summed E-state index contributed by atoms with van der Waals surface area (Å²) >= 11 is 0. The number of methoxy groups -OCH3 is 1. The number of hydrogen-bond donors (Lipinski definition) is 3. The van der Waals surface area contributed by atoms with Gasteiger partial charge in [-0.3, -0.25) is 9.79 Å². The number of hydrogen-bond acceptors (Lipinski definition) is 6. The van der Waals surface area contributed by atoms with Crippen molar-refractivity contribution in [2.24, 2.45) is 4.99 Å². The highest BCUT2D eigenvalue weighted by atomic mass is 19.4. The van der Waals surface area contributed by atoms with Crippen molar-refractivity contribution >= 4 is 35.3 Å². The van der Waals surface area contributed by atoms with Crippen molar-refractivity contribution in [3.8, 4) is 11.4 Å². The van der Waals surface area contributed by atoms with Gasteiger partial charge in [-0.1, -0.05) is 24.3 Å². The van der Waals surface area contributed by atoms with Crippen molar-refractivity contribution in [3.05, 3.63) is 78.4 Å². The first-order valence-electron chi connectivity index (χ1n) is 11.5. The highest BCUT2D eigenvalue weighted by molar-refractivity contribution is 5.99. The molecule has 0 fully saturated rings. The van der Waals surface area contributed by atoms with Gasteiger partial charge in [-0.2, -0.15) is 26.3 Å². The number of halogens is 6. The second-order valence-corrected chi connectivity index (χ2v) is 8.04. The van der Waals surface area contributed by atoms with E-state index in [0.717, 1.165) is 29.1 Å². The van der Waals surface area contributed by atoms with Crippen LogP contribution in [0.3, 0.4) is 0 Å². The molecule has 3 N–H and O–H groups in total. The fraction of sp³-hybridized carbons (Fsp3) is 0.192. The van der Waals surface area contributed by atoms with Crippen LogP contribution in [-0.2, 0) is 20.8 Å². The third-order valence-electron chi connectivity index (χ3n) is 5.03. The molecular weight excluding hydrogens is 578 g/mol. The summed E-state index contributed by atoms with van der Waals surface area (Å²) in [6, 6.07) is 13.8. The van der Waals surface area contributed by atoms with Crippen LogP contribution in [0.25, 0.3) is 11.8 Å². The average molecular weight is 600 g/mol. The van der Waals surface area contributed by atoms with Crippen LogP contribution in [0, 0.1) is 0 Å². The predicted octanol–water partition coefficient (Wildman–Crippen LogP) is 4.61. The van der Waals surface area contributed by atoms with E-state index in [1.165, 1.54) is 11.6 Å². The molecule has 3 aromatic rings. The minimum Gasteiger partial charge on any atom is -0.495 e. The third kappa shape index (κ3) is 10.4. The Hall–Kier alpha value is -5.15. The van der Waals surface area contributed by atoms with Crippen molar-refractivity contribution in [2.45, 2.75) is 18.8 Å². The zero-order chi connectivity index (χ0) is 31.5. The van der Waals surface area contributed by atoms with Crippen LogP contribution in [0.5, 0.6) is 5.75 Å². The van der Waals surface area contributed by atoms with Gasteiger partial charge in [0.1, 0.15) is 5.75 Å². The summed E-state index contributed by atoms with van der Waals surface area (Å²) in [5, 5.41) is 17.1. The lowest BCUT2D eigenvalue weighted by Crippen LogP contribution is -2.27. The highest BCUT2D eigenvalue weighted by Crippen LogP contribution is 2.26. The number of benzene rings is 2. The number of aliphatic carboxylic acids is 2. The lowest BCUT2D eigenvalue weighted by Gasteiger charge is -2.09. The number of imidazole rings is 1. The normalized spacial score (nSPS) is 12.2. The Bertz CT molecular complexity index is 1430. The zero-order valence-corrected chi connectivity index (χ0v) is 21.5. The molecule has 0 saturated heterocycles. The van der Waals surface area contributed by atoms with E-state index < -0.39 is 24.3 Å². The standard InChI is InChI=1S/C22H20N4O2.2C2HF3O2/c1-28-21-12-16(6-8-20(21)26-11-10-23-15-26)7-9-22(27)24-14-18-13-17-4-2-3-5-19(17)25-18;2*3-2(4,5)1(6)7/h2-12,15H,13-14H2,1H3,(H,24,27);2*(H,6,7)/b9-7+;;. The summed E-state index contributed by atoms with van der Waals surface area (Å²) < 4.78 is 70.8. The quantitative estimate of drug-likeness (QED) is 0.277. The molecule has 0 atom stereocenters. The largest absolute Gasteiger partial charge is 0.495 e. The van der Waals surface area contributed by atoms with Gasteiger partial charge >= 0.3 is 24.3 Å². The minimum atomic E-state index is -5.08. The summed E-state index contributed by atoms with van der Waals surface area (Å²) in [4.78, 5) is 38.6. The van der Waals surface area contributed by atoms with Crippen LogP contribution in [0.15, 0.2) is 72.3 Å². The molecule has 2 heterocycles. The number of fused-ring (bicyclic) bond motifs is 1. The number of para-hydroxylation sites is 1. The molecular formula is C26H22F6N4O6. The summed E-state index contributed by atoms with van der Waals surface area (Å²) in [7, 11) is 1.62. The summed E-state index contributed by atoms with van der Waals surface area (Å²) in [6.07, 6.45) is -0.817. The van der Waals surface area contributed by atoms with Crippen LogP contribution in [0.2, 0.25) is 0 Å². The summed E-state index contributed by atoms with van der Waals surface area (Å²) in [5.74, 6) is -4.96. The lowest BCUT2D eigenvalue weighted by molar-refractivity contribution is -0.193. The number of nitrogens with zero attached hydrogens (tertiary/aromatic N) is 3. The Morgan fingerprint density at radius 2 is 1.64 bits per heavy atom. The van der Waals surface area contributed by atoms with Crippen molar-refractivity contribution in [1.82, 2.24) is 14.9 Å². The first-order valence-corrected chi connectivity index (χ1v) is 11.5. The number of alkyl halides is 6. The number of ether oxygens (including phenoxy) is 1. The Morgan fingerprint density at radius 1 is 1.02 bits per heavy atom. The number of nitrogens with one attached hydrogen (secondary N) is 1. The molecule has 0 radical (unpaired) electrons. The van der Waals surface area contributed by atoms with E-state index in [4.69, 9.17) is 24.5 Å². The van der Waals surface area contributed by atoms with Crippen molar-refractivity contribution in [1.29, 1.82) is 0 Å². The maximum absolute atomic E-state index is 12.2. The summed E-state index contributed by atoms with van der Waals surface area (Å²) in [5.41, 5.74) is 4.93. The molecule has 10 nitrogen and oxygen atoms in total. The van der Waals surface area contributed by atoms with Crippen LogP contribution < -0.4 is 10.1 Å². The van der Waals surface area contributed by atoms with Gasteiger partial charge in [0.25, 0.3) is 0 Å². The molecule has 2 aromatic carbocycles. The second kappa shape index (κ2) is 14.5. The SMILES string of the molecule is COc1cc(/C=C/C(=O)NCC2=Nc3ccccc3C2)ccc1-n1ccnc1.O=C(O)C(F)(F)F.O=C(O)C(F)(F)F. The Labute approximate surface area is 233 Å². The topological polar surface area (TPSA) is 143 Å². The van der Waals surface area contributed by atoms with Gasteiger partial charge in [-0.25, -0.2) is 14.6 Å².